The van der Waals surface area contributed by atoms with E-state index in [1.807, 2.05) is 0 Å². The number of carbonyl (C=O) groups excluding carboxylic acids is 2. The van der Waals surface area contributed by atoms with Crippen LogP contribution in [0.3, 0.4) is 0 Å². The lowest BCUT2D eigenvalue weighted by Crippen LogP contribution is -2.30. The third kappa shape index (κ3) is 4.76. The maximum atomic E-state index is 12.5. The monoisotopic (exact) mass is 355 g/mol. The number of nitrogens with one attached hydrogen (secondary N) is 1. The fourth-order valence-corrected chi connectivity index (χ4v) is 2.83. The molecule has 0 unspecified atom stereocenters. The van der Waals surface area contributed by atoms with Crippen LogP contribution in [0.5, 0.6) is 5.75 Å². The predicted molar refractivity (Wildman–Crippen MR) is 84.2 cm³/mol. The Hall–Kier alpha value is -2.48. The molecule has 1 aromatic carbocycles. The molecule has 0 aliphatic heterocycles. The van der Waals surface area contributed by atoms with Crippen molar-refractivity contribution in [2.75, 3.05) is 7.11 Å². The molecule has 2 aromatic rings. The number of carbonyl (C=O) groups is 2. The Morgan fingerprint density at radius 1 is 1.21 bits per heavy atom. The van der Waals surface area contributed by atoms with E-state index in [4.69, 9.17) is 0 Å². The van der Waals surface area contributed by atoms with Gasteiger partial charge >= 0.3 is 12.6 Å². The summed E-state index contributed by atoms with van der Waals surface area (Å²) in [7, 11) is 1.25. The minimum Gasteiger partial charge on any atom is -0.469 e. The van der Waals surface area contributed by atoms with Gasteiger partial charge in [-0.25, -0.2) is 0 Å². The summed E-state index contributed by atoms with van der Waals surface area (Å²) in [5, 5.41) is 4.47. The molecule has 8 heteroatoms. The summed E-state index contributed by atoms with van der Waals surface area (Å²) in [5.41, 5.74) is -0.0378. The Morgan fingerprint density at radius 3 is 2.58 bits per heavy atom. The van der Waals surface area contributed by atoms with Crippen LogP contribution in [0.1, 0.15) is 27.7 Å². The van der Waals surface area contributed by atoms with Crippen molar-refractivity contribution in [2.24, 2.45) is 0 Å². The van der Waals surface area contributed by atoms with Crippen LogP contribution in [0.2, 0.25) is 0 Å². The zero-order valence-electron chi connectivity index (χ0n) is 12.7. The van der Waals surface area contributed by atoms with Gasteiger partial charge in [0.2, 0.25) is 0 Å². The minimum atomic E-state index is -3.04. The highest BCUT2D eigenvalue weighted by Crippen LogP contribution is 2.25. The number of hydrogen-bond acceptors (Lipinski definition) is 5. The number of amides is 1. The van der Waals surface area contributed by atoms with E-state index in [-0.39, 0.29) is 17.7 Å². The molecule has 0 bridgehead atoms. The summed E-state index contributed by atoms with van der Waals surface area (Å²) < 4.78 is 33.9. The van der Waals surface area contributed by atoms with Gasteiger partial charge in [-0.3, -0.25) is 9.59 Å². The van der Waals surface area contributed by atoms with E-state index in [1.165, 1.54) is 42.7 Å². The molecule has 0 spiro atoms. The summed E-state index contributed by atoms with van der Waals surface area (Å²) in [5.74, 6) is -1.34. The number of methoxy groups -OCH3 is 1. The molecular formula is C16H15F2NO4S. The second kappa shape index (κ2) is 8.39. The molecule has 0 saturated heterocycles. The fraction of sp³-hybridized carbons (Fsp3) is 0.250. The number of halogens is 2. The van der Waals surface area contributed by atoms with E-state index in [9.17, 15) is 18.4 Å². The summed E-state index contributed by atoms with van der Waals surface area (Å²) in [6.45, 7) is -3.04. The van der Waals surface area contributed by atoms with Crippen molar-refractivity contribution in [3.05, 3.63) is 52.2 Å². The Kier molecular flexibility index (Phi) is 6.25. The van der Waals surface area contributed by atoms with Crippen LogP contribution < -0.4 is 10.1 Å². The molecule has 1 N–H and O–H groups in total. The third-order valence-corrected chi connectivity index (χ3v) is 4.12. The number of benzene rings is 1. The van der Waals surface area contributed by atoms with Crippen LogP contribution in [-0.4, -0.2) is 25.6 Å². The topological polar surface area (TPSA) is 64.6 Å². The number of rotatable bonds is 7. The molecule has 1 amide bonds. The van der Waals surface area contributed by atoms with Gasteiger partial charge in [-0.2, -0.15) is 8.78 Å². The number of ether oxygens (including phenoxy) is 2. The van der Waals surface area contributed by atoms with Crippen molar-refractivity contribution in [3.63, 3.8) is 0 Å². The van der Waals surface area contributed by atoms with Crippen molar-refractivity contribution < 1.29 is 27.8 Å². The molecule has 0 fully saturated rings. The lowest BCUT2D eigenvalue weighted by molar-refractivity contribution is -0.141. The quantitative estimate of drug-likeness (QED) is 0.774. The Bertz CT molecular complexity index is 691. The second-order valence-electron chi connectivity index (χ2n) is 4.70. The summed E-state index contributed by atoms with van der Waals surface area (Å²) >= 11 is 1.36. The van der Waals surface area contributed by atoms with Crippen molar-refractivity contribution in [2.45, 2.75) is 19.1 Å². The van der Waals surface area contributed by atoms with Gasteiger partial charge in [0.1, 0.15) is 5.75 Å². The van der Waals surface area contributed by atoms with Crippen LogP contribution in [0.25, 0.3) is 0 Å². The van der Waals surface area contributed by atoms with Gasteiger partial charge in [0.15, 0.2) is 0 Å². The standard InChI is InChI=1S/C16H15F2NO4S/c1-22-14(20)9-11(13-7-4-8-24-13)19-15(21)10-5-2-3-6-12(10)23-16(17)18/h2-8,11,16H,9H2,1H3,(H,19,21)/t11-/m0/s1. The first-order valence-electron chi connectivity index (χ1n) is 6.96. The average Bonchev–Trinajstić information content (AvgIpc) is 3.08. The van der Waals surface area contributed by atoms with Gasteiger partial charge in [0.05, 0.1) is 25.1 Å². The van der Waals surface area contributed by atoms with Gasteiger partial charge in [-0.05, 0) is 23.6 Å². The van der Waals surface area contributed by atoms with Gasteiger partial charge < -0.3 is 14.8 Å². The van der Waals surface area contributed by atoms with Gasteiger partial charge in [0.25, 0.3) is 5.91 Å². The highest BCUT2D eigenvalue weighted by Gasteiger charge is 2.22. The largest absolute Gasteiger partial charge is 0.469 e. The SMILES string of the molecule is COC(=O)C[C@H](NC(=O)c1ccccc1OC(F)F)c1cccs1. The second-order valence-corrected chi connectivity index (χ2v) is 5.68. The van der Waals surface area contributed by atoms with Gasteiger partial charge in [-0.1, -0.05) is 18.2 Å². The van der Waals surface area contributed by atoms with Crippen molar-refractivity contribution in [1.29, 1.82) is 0 Å². The lowest BCUT2D eigenvalue weighted by Gasteiger charge is -2.17. The smallest absolute Gasteiger partial charge is 0.387 e. The average molecular weight is 355 g/mol. The fourth-order valence-electron chi connectivity index (χ4n) is 2.05. The number of thiophene rings is 1. The van der Waals surface area contributed by atoms with Gasteiger partial charge in [0, 0.05) is 4.88 Å². The molecule has 1 aromatic heterocycles. The first kappa shape index (κ1) is 17.9. The van der Waals surface area contributed by atoms with Crippen LogP contribution >= 0.6 is 11.3 Å². The molecule has 2 rings (SSSR count). The van der Waals surface area contributed by atoms with E-state index in [1.54, 1.807) is 17.5 Å². The van der Waals surface area contributed by atoms with Crippen LogP contribution in [0.15, 0.2) is 41.8 Å². The molecule has 24 heavy (non-hydrogen) atoms. The normalized spacial score (nSPS) is 11.8. The highest BCUT2D eigenvalue weighted by atomic mass is 32.1. The molecule has 1 atom stereocenters. The molecule has 128 valence electrons. The van der Waals surface area contributed by atoms with Crippen molar-refractivity contribution >= 4 is 23.2 Å². The maximum Gasteiger partial charge on any atom is 0.387 e. The predicted octanol–water partition coefficient (Wildman–Crippen LogP) is 3.38. The summed E-state index contributed by atoms with van der Waals surface area (Å²) in [6.07, 6.45) is -0.0688. The maximum absolute atomic E-state index is 12.5. The minimum absolute atomic E-state index is 0.0378. The van der Waals surface area contributed by atoms with Crippen LogP contribution in [-0.2, 0) is 9.53 Å². The lowest BCUT2D eigenvalue weighted by atomic mass is 10.1. The van der Waals surface area contributed by atoms with Crippen LogP contribution in [0.4, 0.5) is 8.78 Å². The molecule has 1 heterocycles. The molecule has 5 nitrogen and oxygen atoms in total. The van der Waals surface area contributed by atoms with Crippen molar-refractivity contribution in [3.8, 4) is 5.75 Å². The Labute approximate surface area is 141 Å². The van der Waals surface area contributed by atoms with E-state index in [0.29, 0.717) is 0 Å². The zero-order valence-corrected chi connectivity index (χ0v) is 13.5. The number of para-hydroxylation sites is 1. The van der Waals surface area contributed by atoms with Gasteiger partial charge in [-0.15, -0.1) is 11.3 Å². The molecule has 0 saturated carbocycles. The number of hydrogen-bond donors (Lipinski definition) is 1. The first-order chi connectivity index (χ1) is 11.5. The third-order valence-electron chi connectivity index (χ3n) is 3.14. The highest BCUT2D eigenvalue weighted by molar-refractivity contribution is 7.10. The molecular weight excluding hydrogens is 340 g/mol. The molecule has 0 aliphatic carbocycles. The van der Waals surface area contributed by atoms with Crippen molar-refractivity contribution in [1.82, 2.24) is 5.32 Å². The van der Waals surface area contributed by atoms with E-state index in [2.05, 4.69) is 14.8 Å². The van der Waals surface area contributed by atoms with E-state index < -0.39 is 24.5 Å². The Morgan fingerprint density at radius 2 is 1.96 bits per heavy atom. The summed E-state index contributed by atoms with van der Waals surface area (Å²) in [6, 6.07) is 8.60. The number of esters is 1. The van der Waals surface area contributed by atoms with E-state index in [0.717, 1.165) is 4.88 Å². The van der Waals surface area contributed by atoms with Crippen LogP contribution in [0, 0.1) is 0 Å². The summed E-state index contributed by atoms with van der Waals surface area (Å²) in [4.78, 5) is 24.7. The molecule has 0 radical (unpaired) electrons. The molecule has 0 aliphatic rings. The van der Waals surface area contributed by atoms with E-state index >= 15 is 0 Å². The first-order valence-corrected chi connectivity index (χ1v) is 7.84. The zero-order chi connectivity index (χ0) is 17.5. The number of alkyl halides is 2. The Balaban J connectivity index is 2.20.